The Kier molecular flexibility index (Phi) is 4.60. The largest absolute Gasteiger partial charge is 0.480 e. The average molecular weight is 304 g/mol. The number of benzene rings is 2. The molecule has 2 rings (SSSR count). The maximum atomic E-state index is 12.4. The van der Waals surface area contributed by atoms with Crippen LogP contribution in [0.3, 0.4) is 0 Å². The van der Waals surface area contributed by atoms with Gasteiger partial charge in [0.25, 0.3) is 0 Å². The van der Waals surface area contributed by atoms with Crippen molar-refractivity contribution in [2.45, 2.75) is 6.92 Å². The van der Waals surface area contributed by atoms with Crippen molar-refractivity contribution in [2.75, 3.05) is 11.9 Å². The highest BCUT2D eigenvalue weighted by molar-refractivity contribution is 6.31. The number of aliphatic carboxylic acids is 1. The fourth-order valence-electron chi connectivity index (χ4n) is 1.97. The van der Waals surface area contributed by atoms with Gasteiger partial charge in [0.15, 0.2) is 5.78 Å². The monoisotopic (exact) mass is 303 g/mol. The number of aryl methyl sites for hydroxylation is 1. The molecule has 0 aromatic heterocycles. The Labute approximate surface area is 127 Å². The van der Waals surface area contributed by atoms with Crippen molar-refractivity contribution >= 4 is 29.0 Å². The predicted octanol–water partition coefficient (Wildman–Crippen LogP) is 3.38. The number of carboxylic acid groups (broad SMARTS) is 1. The first-order chi connectivity index (χ1) is 9.97. The maximum absolute atomic E-state index is 12.4. The van der Waals surface area contributed by atoms with Crippen molar-refractivity contribution in [3.63, 3.8) is 0 Å². The average Bonchev–Trinajstić information content (AvgIpc) is 2.45. The summed E-state index contributed by atoms with van der Waals surface area (Å²) in [6.45, 7) is 1.65. The number of carbonyl (C=O) groups excluding carboxylic acids is 1. The van der Waals surface area contributed by atoms with E-state index in [1.807, 2.05) is 6.92 Å². The Morgan fingerprint density at radius 3 is 2.48 bits per heavy atom. The number of carbonyl (C=O) groups is 2. The first-order valence-electron chi connectivity index (χ1n) is 6.34. The van der Waals surface area contributed by atoms with Crippen LogP contribution >= 0.6 is 11.6 Å². The molecule has 0 atom stereocenters. The van der Waals surface area contributed by atoms with E-state index in [0.717, 1.165) is 5.56 Å². The molecule has 0 unspecified atom stereocenters. The fraction of sp³-hybridized carbons (Fsp3) is 0.125. The molecule has 0 saturated heterocycles. The maximum Gasteiger partial charge on any atom is 0.322 e. The summed E-state index contributed by atoms with van der Waals surface area (Å²) < 4.78 is 0. The minimum atomic E-state index is -0.937. The normalized spacial score (nSPS) is 10.2. The van der Waals surface area contributed by atoms with Gasteiger partial charge in [0, 0.05) is 21.8 Å². The molecule has 2 N–H and O–H groups in total. The van der Waals surface area contributed by atoms with Crippen molar-refractivity contribution < 1.29 is 14.7 Å². The second-order valence-electron chi connectivity index (χ2n) is 4.62. The van der Waals surface area contributed by atoms with Crippen LogP contribution in [-0.4, -0.2) is 23.4 Å². The number of hydrogen-bond donors (Lipinski definition) is 2. The Morgan fingerprint density at radius 1 is 1.14 bits per heavy atom. The van der Waals surface area contributed by atoms with Gasteiger partial charge in [-0.15, -0.1) is 0 Å². The van der Waals surface area contributed by atoms with Crippen LogP contribution in [0, 0.1) is 6.92 Å². The zero-order valence-electron chi connectivity index (χ0n) is 11.4. The number of rotatable bonds is 5. The van der Waals surface area contributed by atoms with Crippen molar-refractivity contribution in [1.29, 1.82) is 0 Å². The van der Waals surface area contributed by atoms with Gasteiger partial charge in [-0.25, -0.2) is 0 Å². The van der Waals surface area contributed by atoms with Crippen LogP contribution in [0.5, 0.6) is 0 Å². The number of nitrogens with one attached hydrogen (secondary N) is 1. The lowest BCUT2D eigenvalue weighted by Crippen LogP contribution is -2.13. The Morgan fingerprint density at radius 2 is 1.86 bits per heavy atom. The Hall–Kier alpha value is -2.33. The molecular weight excluding hydrogens is 290 g/mol. The summed E-state index contributed by atoms with van der Waals surface area (Å²) in [5.41, 5.74) is 2.56. The molecule has 2 aromatic carbocycles. The molecule has 5 heteroatoms. The molecule has 0 fully saturated rings. The lowest BCUT2D eigenvalue weighted by atomic mass is 10.0. The SMILES string of the molecule is Cc1cc(C(=O)c2cccc(Cl)c2)ccc1NCC(=O)O. The number of halogens is 1. The lowest BCUT2D eigenvalue weighted by Gasteiger charge is -2.09. The number of hydrogen-bond acceptors (Lipinski definition) is 3. The van der Waals surface area contributed by atoms with Crippen LogP contribution in [0.1, 0.15) is 21.5 Å². The third-order valence-electron chi connectivity index (χ3n) is 3.01. The molecule has 0 aliphatic carbocycles. The molecule has 0 radical (unpaired) electrons. The van der Waals surface area contributed by atoms with Gasteiger partial charge in [-0.3, -0.25) is 9.59 Å². The molecular formula is C16H14ClNO3. The Bertz CT molecular complexity index is 698. The van der Waals surface area contributed by atoms with Gasteiger partial charge in [-0.05, 0) is 42.8 Å². The molecule has 2 aromatic rings. The van der Waals surface area contributed by atoms with Gasteiger partial charge >= 0.3 is 5.97 Å². The van der Waals surface area contributed by atoms with Crippen LogP contribution in [0.2, 0.25) is 5.02 Å². The molecule has 0 spiro atoms. The first-order valence-corrected chi connectivity index (χ1v) is 6.72. The van der Waals surface area contributed by atoms with Crippen molar-refractivity contribution in [3.05, 3.63) is 64.2 Å². The van der Waals surface area contributed by atoms with Crippen LogP contribution < -0.4 is 5.32 Å². The van der Waals surface area contributed by atoms with E-state index >= 15 is 0 Å². The van der Waals surface area contributed by atoms with Gasteiger partial charge in [-0.2, -0.15) is 0 Å². The summed E-state index contributed by atoms with van der Waals surface area (Å²) in [6.07, 6.45) is 0. The number of anilines is 1. The highest BCUT2D eigenvalue weighted by Crippen LogP contribution is 2.20. The predicted molar refractivity (Wildman–Crippen MR) is 82.2 cm³/mol. The van der Waals surface area contributed by atoms with Gasteiger partial charge in [0.2, 0.25) is 0 Å². The van der Waals surface area contributed by atoms with E-state index in [1.165, 1.54) is 0 Å². The van der Waals surface area contributed by atoms with Crippen molar-refractivity contribution in [2.24, 2.45) is 0 Å². The first kappa shape index (κ1) is 15.1. The molecule has 0 aliphatic rings. The van der Waals surface area contributed by atoms with E-state index in [9.17, 15) is 9.59 Å². The minimum Gasteiger partial charge on any atom is -0.480 e. The topological polar surface area (TPSA) is 66.4 Å². The van der Waals surface area contributed by atoms with Gasteiger partial charge < -0.3 is 10.4 Å². The molecule has 0 amide bonds. The lowest BCUT2D eigenvalue weighted by molar-refractivity contribution is -0.134. The summed E-state index contributed by atoms with van der Waals surface area (Å²) in [6, 6.07) is 11.9. The van der Waals surface area contributed by atoms with Crippen LogP contribution in [-0.2, 0) is 4.79 Å². The fourth-order valence-corrected chi connectivity index (χ4v) is 2.16. The molecule has 0 saturated carbocycles. The van der Waals surface area contributed by atoms with Crippen molar-refractivity contribution in [3.8, 4) is 0 Å². The van der Waals surface area contributed by atoms with E-state index in [-0.39, 0.29) is 12.3 Å². The quantitative estimate of drug-likeness (QED) is 0.831. The molecule has 4 nitrogen and oxygen atoms in total. The smallest absolute Gasteiger partial charge is 0.322 e. The molecule has 0 heterocycles. The summed E-state index contributed by atoms with van der Waals surface area (Å²) in [5.74, 6) is -1.06. The molecule has 108 valence electrons. The standard InChI is InChI=1S/C16H14ClNO3/c1-10-7-12(5-6-14(10)18-9-15(19)20)16(21)11-3-2-4-13(17)8-11/h2-8,18H,9H2,1H3,(H,19,20). The zero-order chi connectivity index (χ0) is 15.4. The van der Waals surface area contributed by atoms with E-state index in [1.54, 1.807) is 42.5 Å². The third kappa shape index (κ3) is 3.83. The highest BCUT2D eigenvalue weighted by atomic mass is 35.5. The molecule has 0 aliphatic heterocycles. The summed E-state index contributed by atoms with van der Waals surface area (Å²) >= 11 is 5.89. The van der Waals surface area contributed by atoms with Gasteiger partial charge in [-0.1, -0.05) is 23.7 Å². The molecule has 0 bridgehead atoms. The summed E-state index contributed by atoms with van der Waals surface area (Å²) in [7, 11) is 0. The highest BCUT2D eigenvalue weighted by Gasteiger charge is 2.11. The summed E-state index contributed by atoms with van der Waals surface area (Å²) in [5, 5.41) is 12.0. The van der Waals surface area contributed by atoms with E-state index in [4.69, 9.17) is 16.7 Å². The van der Waals surface area contributed by atoms with E-state index < -0.39 is 5.97 Å². The number of ketones is 1. The van der Waals surface area contributed by atoms with Gasteiger partial charge in [0.1, 0.15) is 6.54 Å². The third-order valence-corrected chi connectivity index (χ3v) is 3.24. The van der Waals surface area contributed by atoms with E-state index in [0.29, 0.717) is 21.8 Å². The van der Waals surface area contributed by atoms with Crippen LogP contribution in [0.4, 0.5) is 5.69 Å². The second-order valence-corrected chi connectivity index (χ2v) is 5.05. The van der Waals surface area contributed by atoms with E-state index in [2.05, 4.69) is 5.32 Å². The second kappa shape index (κ2) is 6.41. The van der Waals surface area contributed by atoms with Gasteiger partial charge in [0.05, 0.1) is 0 Å². The van der Waals surface area contributed by atoms with Crippen LogP contribution in [0.15, 0.2) is 42.5 Å². The number of carboxylic acids is 1. The van der Waals surface area contributed by atoms with Crippen molar-refractivity contribution in [1.82, 2.24) is 0 Å². The van der Waals surface area contributed by atoms with Crippen LogP contribution in [0.25, 0.3) is 0 Å². The molecule has 21 heavy (non-hydrogen) atoms. The minimum absolute atomic E-state index is 0.120. The Balaban J connectivity index is 2.23. The zero-order valence-corrected chi connectivity index (χ0v) is 12.1. The summed E-state index contributed by atoms with van der Waals surface area (Å²) in [4.78, 5) is 22.9.